The molecule has 2 N–H and O–H groups in total. The van der Waals surface area contributed by atoms with Crippen molar-refractivity contribution >= 4 is 17.3 Å². The number of nitrogens with zero attached hydrogens (tertiary/aromatic N) is 1. The van der Waals surface area contributed by atoms with Crippen LogP contribution in [0, 0.1) is 0 Å². The standard InChI is InChI=1S/C18H13N3O3/c22-17-10-9-12(11-19-17)18(23)20-21-13-5-1-3-7-15(13)24-16-8-4-2-6-14(16)21/h1-11H,(H,19,22)(H,20,23). The van der Waals surface area contributed by atoms with E-state index in [-0.39, 0.29) is 11.5 Å². The molecule has 6 heteroatoms. The Hall–Kier alpha value is -3.54. The predicted molar refractivity (Wildman–Crippen MR) is 89.6 cm³/mol. The summed E-state index contributed by atoms with van der Waals surface area (Å²) in [6.45, 7) is 0. The maximum atomic E-state index is 12.5. The summed E-state index contributed by atoms with van der Waals surface area (Å²) in [5.41, 5.74) is 4.42. The normalized spacial score (nSPS) is 11.9. The highest BCUT2D eigenvalue weighted by Crippen LogP contribution is 2.45. The van der Waals surface area contributed by atoms with Crippen molar-refractivity contribution in [3.8, 4) is 11.5 Å². The maximum absolute atomic E-state index is 12.5. The van der Waals surface area contributed by atoms with E-state index < -0.39 is 0 Å². The number of anilines is 2. The monoisotopic (exact) mass is 319 g/mol. The summed E-state index contributed by atoms with van der Waals surface area (Å²) in [6, 6.07) is 17.7. The van der Waals surface area contributed by atoms with Gasteiger partial charge in [0.15, 0.2) is 11.5 Å². The fraction of sp³-hybridized carbons (Fsp3) is 0. The van der Waals surface area contributed by atoms with Crippen LogP contribution in [0.4, 0.5) is 11.4 Å². The molecule has 0 atom stereocenters. The molecule has 3 aromatic rings. The van der Waals surface area contributed by atoms with Crippen LogP contribution in [0.5, 0.6) is 11.5 Å². The molecule has 4 rings (SSSR count). The van der Waals surface area contributed by atoms with Gasteiger partial charge in [-0.2, -0.15) is 0 Å². The number of fused-ring (bicyclic) bond motifs is 2. The molecule has 1 aliphatic heterocycles. The zero-order valence-electron chi connectivity index (χ0n) is 12.5. The van der Waals surface area contributed by atoms with Gasteiger partial charge in [-0.3, -0.25) is 15.0 Å². The van der Waals surface area contributed by atoms with Gasteiger partial charge in [-0.15, -0.1) is 0 Å². The highest BCUT2D eigenvalue weighted by molar-refractivity contribution is 5.96. The van der Waals surface area contributed by atoms with Crippen LogP contribution < -0.4 is 20.7 Å². The Morgan fingerprint density at radius 3 is 2.12 bits per heavy atom. The minimum atomic E-state index is -0.335. The molecule has 1 amide bonds. The Balaban J connectivity index is 1.73. The molecule has 6 nitrogen and oxygen atoms in total. The molecule has 1 aliphatic rings. The molecule has 0 saturated carbocycles. The predicted octanol–water partition coefficient (Wildman–Crippen LogP) is 2.96. The lowest BCUT2D eigenvalue weighted by Gasteiger charge is -2.32. The number of aromatic nitrogens is 1. The van der Waals surface area contributed by atoms with Gasteiger partial charge in [0, 0.05) is 12.3 Å². The number of rotatable bonds is 2. The van der Waals surface area contributed by atoms with E-state index in [1.807, 2.05) is 48.5 Å². The molecule has 0 spiro atoms. The maximum Gasteiger partial charge on any atom is 0.271 e. The number of hydrazine groups is 1. The van der Waals surface area contributed by atoms with Crippen LogP contribution in [-0.2, 0) is 0 Å². The van der Waals surface area contributed by atoms with Crippen molar-refractivity contribution in [1.82, 2.24) is 10.4 Å². The molecule has 0 radical (unpaired) electrons. The summed E-state index contributed by atoms with van der Waals surface area (Å²) in [7, 11) is 0. The van der Waals surface area contributed by atoms with Crippen LogP contribution in [0.3, 0.4) is 0 Å². The van der Waals surface area contributed by atoms with Crippen molar-refractivity contribution in [3.05, 3.63) is 82.8 Å². The fourth-order valence-corrected chi connectivity index (χ4v) is 2.54. The molecule has 0 saturated heterocycles. The van der Waals surface area contributed by atoms with Gasteiger partial charge >= 0.3 is 0 Å². The molecule has 2 heterocycles. The van der Waals surface area contributed by atoms with Gasteiger partial charge in [-0.05, 0) is 30.3 Å². The third kappa shape index (κ3) is 2.40. The van der Waals surface area contributed by atoms with Gasteiger partial charge in [-0.1, -0.05) is 24.3 Å². The molecular weight excluding hydrogens is 306 g/mol. The van der Waals surface area contributed by atoms with Crippen molar-refractivity contribution in [3.63, 3.8) is 0 Å². The van der Waals surface area contributed by atoms with E-state index in [1.165, 1.54) is 18.3 Å². The van der Waals surface area contributed by atoms with E-state index in [1.54, 1.807) is 5.01 Å². The minimum absolute atomic E-state index is 0.256. The van der Waals surface area contributed by atoms with E-state index in [4.69, 9.17) is 4.74 Å². The third-order valence-corrected chi connectivity index (χ3v) is 3.69. The highest BCUT2D eigenvalue weighted by atomic mass is 16.5. The summed E-state index contributed by atoms with van der Waals surface area (Å²) >= 11 is 0. The van der Waals surface area contributed by atoms with Crippen LogP contribution >= 0.6 is 0 Å². The van der Waals surface area contributed by atoms with Crippen molar-refractivity contribution < 1.29 is 9.53 Å². The van der Waals surface area contributed by atoms with Crippen LogP contribution in [0.25, 0.3) is 0 Å². The number of ether oxygens (including phenoxy) is 1. The fourth-order valence-electron chi connectivity index (χ4n) is 2.54. The van der Waals surface area contributed by atoms with Crippen LogP contribution in [0.2, 0.25) is 0 Å². The molecule has 0 bridgehead atoms. The second-order valence-electron chi connectivity index (χ2n) is 5.26. The average Bonchev–Trinajstić information content (AvgIpc) is 2.62. The average molecular weight is 319 g/mol. The quantitative estimate of drug-likeness (QED) is 0.761. The Bertz CT molecular complexity index is 915. The van der Waals surface area contributed by atoms with Crippen molar-refractivity contribution in [1.29, 1.82) is 0 Å². The summed E-state index contributed by atoms with van der Waals surface area (Å²) in [5.74, 6) is 0.966. The first-order chi connectivity index (χ1) is 11.7. The second kappa shape index (κ2) is 5.58. The lowest BCUT2D eigenvalue weighted by Crippen LogP contribution is -2.40. The largest absolute Gasteiger partial charge is 0.453 e. The molecule has 1 aromatic heterocycles. The van der Waals surface area contributed by atoms with Gasteiger partial charge in [0.1, 0.15) is 11.4 Å². The highest BCUT2D eigenvalue weighted by Gasteiger charge is 2.25. The third-order valence-electron chi connectivity index (χ3n) is 3.69. The second-order valence-corrected chi connectivity index (χ2v) is 5.26. The zero-order chi connectivity index (χ0) is 16.5. The molecule has 24 heavy (non-hydrogen) atoms. The van der Waals surface area contributed by atoms with Crippen LogP contribution in [-0.4, -0.2) is 10.9 Å². The first kappa shape index (κ1) is 14.1. The molecule has 0 unspecified atom stereocenters. The number of carbonyl (C=O) groups is 1. The lowest BCUT2D eigenvalue weighted by atomic mass is 10.2. The number of hydrogen-bond acceptors (Lipinski definition) is 4. The lowest BCUT2D eigenvalue weighted by molar-refractivity contribution is 0.0953. The summed E-state index contributed by atoms with van der Waals surface area (Å²) < 4.78 is 5.87. The first-order valence-corrected chi connectivity index (χ1v) is 7.38. The Kier molecular flexibility index (Phi) is 3.28. The van der Waals surface area contributed by atoms with Gasteiger partial charge < -0.3 is 9.72 Å². The number of para-hydroxylation sites is 4. The topological polar surface area (TPSA) is 74.4 Å². The molecule has 118 valence electrons. The smallest absolute Gasteiger partial charge is 0.271 e. The van der Waals surface area contributed by atoms with Gasteiger partial charge in [0.25, 0.3) is 5.91 Å². The number of carbonyl (C=O) groups excluding carboxylic acids is 1. The Labute approximate surface area is 137 Å². The summed E-state index contributed by atoms with van der Waals surface area (Å²) in [5, 5.41) is 1.68. The number of hydrogen-bond donors (Lipinski definition) is 2. The zero-order valence-corrected chi connectivity index (χ0v) is 12.5. The van der Waals surface area contributed by atoms with Gasteiger partial charge in [0.05, 0.1) is 5.56 Å². The molecule has 0 aliphatic carbocycles. The molecule has 2 aromatic carbocycles. The van der Waals surface area contributed by atoms with Crippen LogP contribution in [0.1, 0.15) is 10.4 Å². The number of nitrogens with one attached hydrogen (secondary N) is 2. The van der Waals surface area contributed by atoms with E-state index in [9.17, 15) is 9.59 Å². The first-order valence-electron chi connectivity index (χ1n) is 7.38. The summed E-state index contributed by atoms with van der Waals surface area (Å²) in [4.78, 5) is 26.2. The van der Waals surface area contributed by atoms with E-state index in [2.05, 4.69) is 10.4 Å². The molecular formula is C18H13N3O3. The number of benzene rings is 2. The summed E-state index contributed by atoms with van der Waals surface area (Å²) in [6.07, 6.45) is 1.38. The molecule has 0 fully saturated rings. The van der Waals surface area contributed by atoms with E-state index in [0.717, 1.165) is 11.4 Å². The minimum Gasteiger partial charge on any atom is -0.453 e. The number of pyridine rings is 1. The van der Waals surface area contributed by atoms with Gasteiger partial charge in [0.2, 0.25) is 5.56 Å². The van der Waals surface area contributed by atoms with Crippen molar-refractivity contribution in [2.75, 3.05) is 5.01 Å². The van der Waals surface area contributed by atoms with Crippen molar-refractivity contribution in [2.24, 2.45) is 0 Å². The number of amides is 1. The number of aromatic amines is 1. The van der Waals surface area contributed by atoms with Crippen LogP contribution in [0.15, 0.2) is 71.7 Å². The van der Waals surface area contributed by atoms with E-state index >= 15 is 0 Å². The Morgan fingerprint density at radius 2 is 1.54 bits per heavy atom. The van der Waals surface area contributed by atoms with Crippen molar-refractivity contribution in [2.45, 2.75) is 0 Å². The SMILES string of the molecule is O=C(NN1c2ccccc2Oc2ccccc21)c1ccc(=O)[nH]c1. The Morgan fingerprint density at radius 1 is 0.917 bits per heavy atom. The van der Waals surface area contributed by atoms with E-state index in [0.29, 0.717) is 17.1 Å². The van der Waals surface area contributed by atoms with Gasteiger partial charge in [-0.25, -0.2) is 5.01 Å². The number of H-pyrrole nitrogens is 1.